The van der Waals surface area contributed by atoms with E-state index in [1.807, 2.05) is 27.7 Å². The van der Waals surface area contributed by atoms with Crippen molar-refractivity contribution in [1.82, 2.24) is 0 Å². The number of rotatable bonds is 10. The summed E-state index contributed by atoms with van der Waals surface area (Å²) < 4.78 is 89.3. The van der Waals surface area contributed by atoms with E-state index in [9.17, 15) is 17.3 Å². The Morgan fingerprint density at radius 3 is 0.651 bits per heavy atom. The summed E-state index contributed by atoms with van der Waals surface area (Å²) in [5.41, 5.74) is 8.57. The molecule has 0 unspecified atom stereocenters. The van der Waals surface area contributed by atoms with Gasteiger partial charge in [0.2, 0.25) is 0 Å². The molecule has 533 valence electrons. The van der Waals surface area contributed by atoms with Crippen molar-refractivity contribution < 1.29 is 73.8 Å². The molecule has 0 atom stereocenters. The van der Waals surface area contributed by atoms with E-state index in [1.54, 1.807) is 14.2 Å². The number of hydrogen-bond donors (Lipinski definition) is 0. The van der Waals surface area contributed by atoms with E-state index in [1.165, 1.54) is 21.5 Å². The minimum Gasteiger partial charge on any atom is -0.496 e. The van der Waals surface area contributed by atoms with Crippen LogP contribution in [0, 0.1) is 0 Å². The molecule has 0 fully saturated rings. The molecule has 0 saturated carbocycles. The zero-order chi connectivity index (χ0) is 72.6. The zero-order valence-corrected chi connectivity index (χ0v) is 62.9. The maximum absolute atomic E-state index is 9.75. The Balaban J connectivity index is 0.000000156. The molecule has 2 aliphatic rings. The third-order valence-electron chi connectivity index (χ3n) is 18.7. The van der Waals surface area contributed by atoms with Crippen molar-refractivity contribution in [3.8, 4) is 79.0 Å². The van der Waals surface area contributed by atoms with E-state index in [2.05, 4.69) is 291 Å². The van der Waals surface area contributed by atoms with Crippen molar-refractivity contribution in [2.45, 2.75) is 27.7 Å². The van der Waals surface area contributed by atoms with Crippen molar-refractivity contribution in [3.05, 3.63) is 291 Å². The van der Waals surface area contributed by atoms with Gasteiger partial charge >= 0.3 is 24.0 Å². The fourth-order valence-electron chi connectivity index (χ4n) is 14.2. The van der Waals surface area contributed by atoms with Crippen LogP contribution in [0.15, 0.2) is 291 Å². The van der Waals surface area contributed by atoms with Crippen molar-refractivity contribution >= 4 is 121 Å². The first kappa shape index (κ1) is 73.9. The van der Waals surface area contributed by atoms with Crippen LogP contribution in [0.5, 0.6) is 34.5 Å². The van der Waals surface area contributed by atoms with E-state index in [-0.39, 0.29) is 19.5 Å². The maximum Gasteiger partial charge on any atom is 0.673 e. The van der Waals surface area contributed by atoms with Crippen LogP contribution in [0.4, 0.5) is 17.3 Å². The first-order chi connectivity index (χ1) is 51.4. The number of ether oxygens (including phenoxy) is 4. The summed E-state index contributed by atoms with van der Waals surface area (Å²) in [6.45, 7) is 11.3. The van der Waals surface area contributed by atoms with Gasteiger partial charge < -0.3 is 54.3 Å². The van der Waals surface area contributed by atoms with E-state index in [0.29, 0.717) is 0 Å². The minimum absolute atomic E-state index is 0. The predicted molar refractivity (Wildman–Crippen MR) is 434 cm³/mol. The number of hydrogen-bond acceptors (Lipinski definition) is 8. The molecule has 0 amide bonds. The van der Waals surface area contributed by atoms with Crippen molar-refractivity contribution in [2.75, 3.05) is 40.6 Å². The average Bonchev–Trinajstić information content (AvgIpc) is 1.62. The van der Waals surface area contributed by atoms with Gasteiger partial charge in [-0.2, -0.15) is 0 Å². The van der Waals surface area contributed by atoms with Crippen LogP contribution in [-0.4, -0.2) is 47.9 Å². The number of halogens is 4. The third-order valence-corrected chi connectivity index (χ3v) is 22.0. The molecular formula is C90H76BF4O8P2Rh+. The maximum atomic E-state index is 9.75. The standard InChI is InChI=1S/2C41H27O3P.2C4H10O.BF4.Rh/c2*1-42-34-22-18-26-10-2-6-14-30(26)38(34)41-33-17-9-5-13-29(33)21-25-37(41)45-43-35-23-19-27-11-3-7-15-31(27)39(35)40-32-16-8-4-12-28(32)20-24-36(40)44-45;2*1-3-5-4-2;2-1(3,4)5;/h2*2-25H,1H3;2*3-4H2,1-2H3;;/q;;;;-1;/p+2. The molecule has 0 saturated heterocycles. The molecule has 0 spiro atoms. The van der Waals surface area contributed by atoms with E-state index in [4.69, 9.17) is 37.0 Å². The Kier molecular flexibility index (Phi) is 23.3. The van der Waals surface area contributed by atoms with Gasteiger partial charge in [0.25, 0.3) is 0 Å². The molecule has 16 heteroatoms. The largest absolute Gasteiger partial charge is 0.673 e. The average molecular weight is 1540 g/mol. The van der Waals surface area contributed by atoms with Gasteiger partial charge in [-0.15, -0.1) is 0 Å². The number of fused-ring (bicyclic) bond motifs is 18. The number of benzene rings is 16. The summed E-state index contributed by atoms with van der Waals surface area (Å²) in [5.74, 6) is 4.98. The zero-order valence-electron chi connectivity index (χ0n) is 59.2. The third kappa shape index (κ3) is 15.2. The van der Waals surface area contributed by atoms with E-state index >= 15 is 0 Å². The molecule has 1 radical (unpaired) electrons. The Hall–Kier alpha value is -10.4. The fraction of sp³-hybridized carbons (Fsp3) is 0.111. The van der Waals surface area contributed by atoms with Gasteiger partial charge in [-0.1, -0.05) is 243 Å². The van der Waals surface area contributed by atoms with Crippen molar-refractivity contribution in [1.29, 1.82) is 0 Å². The normalized spacial score (nSPS) is 12.2. The van der Waals surface area contributed by atoms with Gasteiger partial charge in [0.1, 0.15) is 11.5 Å². The van der Waals surface area contributed by atoms with Crippen LogP contribution in [0.2, 0.25) is 0 Å². The second-order valence-corrected chi connectivity index (χ2v) is 27.9. The van der Waals surface area contributed by atoms with Crippen molar-refractivity contribution in [2.24, 2.45) is 0 Å². The molecule has 8 nitrogen and oxygen atoms in total. The van der Waals surface area contributed by atoms with Gasteiger partial charge in [-0.3, -0.25) is 0 Å². The molecule has 0 N–H and O–H groups in total. The summed E-state index contributed by atoms with van der Waals surface area (Å²) in [7, 11) is -6.78. The molecule has 0 aliphatic carbocycles. The summed E-state index contributed by atoms with van der Waals surface area (Å²) in [5, 5.41) is 20.5. The van der Waals surface area contributed by atoms with Gasteiger partial charge in [-0.25, -0.2) is 0 Å². The quantitative estimate of drug-likeness (QED) is 0.0762. The topological polar surface area (TPSA) is 73.8 Å². The summed E-state index contributed by atoms with van der Waals surface area (Å²) in [6.07, 6.45) is 0. The summed E-state index contributed by atoms with van der Waals surface area (Å²) in [4.78, 5) is 0. The van der Waals surface area contributed by atoms with Crippen LogP contribution < -0.4 is 38.2 Å². The first-order valence-electron chi connectivity index (χ1n) is 35.1. The molecule has 18 rings (SSSR count). The van der Waals surface area contributed by atoms with Crippen LogP contribution in [0.1, 0.15) is 27.7 Å². The van der Waals surface area contributed by atoms with E-state index in [0.717, 1.165) is 181 Å². The Morgan fingerprint density at radius 2 is 0.443 bits per heavy atom. The molecule has 0 bridgehead atoms. The van der Waals surface area contributed by atoms with Crippen LogP contribution in [-0.2, 0) is 29.0 Å². The first-order valence-corrected chi connectivity index (χ1v) is 37.8. The van der Waals surface area contributed by atoms with Crippen LogP contribution in [0.3, 0.4) is 0 Å². The SMILES string of the molecule is CCOCC.CCOCC.COc1ccc2ccccc2c1-c1c([PH+]2Oc3ccc4ccccc4c3-c3c(ccc4ccccc34)O2)ccc2ccccc12.COc1ccc2ccccc2c1-c1c([PH+]2Oc3ccc4ccccc4c3-c3c(ccc4ccccc34)O2)ccc2ccccc12.F[B-](F)(F)F.[Rh]. The Labute approximate surface area is 629 Å². The summed E-state index contributed by atoms with van der Waals surface area (Å²) >= 11 is 0. The number of methoxy groups -OCH3 is 2. The second-order valence-electron chi connectivity index (χ2n) is 24.8. The molecule has 0 aromatic heterocycles. The molecule has 16 aromatic rings. The van der Waals surface area contributed by atoms with Crippen molar-refractivity contribution in [3.63, 3.8) is 0 Å². The van der Waals surface area contributed by atoms with E-state index < -0.39 is 24.0 Å². The molecule has 106 heavy (non-hydrogen) atoms. The Morgan fingerprint density at radius 1 is 0.255 bits per heavy atom. The predicted octanol–water partition coefficient (Wildman–Crippen LogP) is 24.9. The van der Waals surface area contributed by atoms with Gasteiger partial charge in [0.15, 0.2) is 33.6 Å². The van der Waals surface area contributed by atoms with Crippen LogP contribution in [0.25, 0.3) is 131 Å². The minimum atomic E-state index is -6.00. The van der Waals surface area contributed by atoms with Gasteiger partial charge in [0.05, 0.1) is 14.2 Å². The monoisotopic (exact) mass is 1540 g/mol. The molecule has 2 heterocycles. The van der Waals surface area contributed by atoms with Crippen LogP contribution >= 0.6 is 16.8 Å². The summed E-state index contributed by atoms with van der Waals surface area (Å²) in [6, 6.07) is 102. The molecule has 16 aromatic carbocycles. The van der Waals surface area contributed by atoms with Gasteiger partial charge in [-0.05, 0) is 162 Å². The molecule has 2 aliphatic heterocycles. The Bertz CT molecular complexity index is 5330. The van der Waals surface area contributed by atoms with Gasteiger partial charge in [0, 0.05) is 90.4 Å². The molecular weight excluding hydrogens is 1460 g/mol. The second kappa shape index (κ2) is 33.4. The fourth-order valence-corrected chi connectivity index (χ4v) is 17.6. The smallest absolute Gasteiger partial charge is 0.496 e.